The molecule has 0 spiro atoms. The molecule has 1 atom stereocenters. The second-order valence-electron chi connectivity index (χ2n) is 4.63. The third kappa shape index (κ3) is 3.15. The molecule has 1 aliphatic heterocycles. The van der Waals surface area contributed by atoms with Gasteiger partial charge in [-0.05, 0) is 30.7 Å². The highest BCUT2D eigenvalue weighted by Gasteiger charge is 2.22. The van der Waals surface area contributed by atoms with Crippen molar-refractivity contribution in [2.45, 2.75) is 19.4 Å². The highest BCUT2D eigenvalue weighted by Crippen LogP contribution is 2.24. The third-order valence-electron chi connectivity index (χ3n) is 3.18. The number of benzene rings is 1. The van der Waals surface area contributed by atoms with Crippen LogP contribution in [0.3, 0.4) is 0 Å². The number of hydrogen-bond acceptors (Lipinski definition) is 3. The number of carbonyl (C=O) groups is 1. The Kier molecular flexibility index (Phi) is 4.09. The van der Waals surface area contributed by atoms with Gasteiger partial charge in [0.15, 0.2) is 0 Å². The highest BCUT2D eigenvalue weighted by atomic mass is 35.5. The molecule has 0 aromatic heterocycles. The van der Waals surface area contributed by atoms with Crippen molar-refractivity contribution in [2.75, 3.05) is 24.5 Å². The van der Waals surface area contributed by atoms with E-state index in [9.17, 15) is 4.79 Å². The Balaban J connectivity index is 2.10. The highest BCUT2D eigenvalue weighted by molar-refractivity contribution is 6.30. The standard InChI is InChI=1S/C13H17ClN2O2/c1-9-6-10(14)2-3-12(9)16-5-4-15-11(8-16)7-13(17)18/h2-3,6,11,15H,4-5,7-8H2,1H3,(H,17,18). The molecule has 0 amide bonds. The van der Waals surface area contributed by atoms with Crippen LogP contribution < -0.4 is 10.2 Å². The molecule has 0 radical (unpaired) electrons. The van der Waals surface area contributed by atoms with E-state index >= 15 is 0 Å². The van der Waals surface area contributed by atoms with E-state index in [0.29, 0.717) is 0 Å². The largest absolute Gasteiger partial charge is 0.481 e. The van der Waals surface area contributed by atoms with E-state index in [2.05, 4.69) is 10.2 Å². The van der Waals surface area contributed by atoms with Crippen molar-refractivity contribution in [3.05, 3.63) is 28.8 Å². The number of carboxylic acids is 1. The molecule has 0 aliphatic carbocycles. The van der Waals surface area contributed by atoms with Crippen LogP contribution in [0.15, 0.2) is 18.2 Å². The van der Waals surface area contributed by atoms with Crippen LogP contribution in [0.1, 0.15) is 12.0 Å². The fourth-order valence-corrected chi connectivity index (χ4v) is 2.59. The normalized spacial score (nSPS) is 19.9. The summed E-state index contributed by atoms with van der Waals surface area (Å²) >= 11 is 5.94. The molecule has 1 aromatic carbocycles. The number of anilines is 1. The van der Waals surface area contributed by atoms with Crippen molar-refractivity contribution in [3.63, 3.8) is 0 Å². The van der Waals surface area contributed by atoms with Gasteiger partial charge in [-0.1, -0.05) is 11.6 Å². The number of nitrogens with one attached hydrogen (secondary N) is 1. The first kappa shape index (κ1) is 13.2. The molecule has 1 aliphatic rings. The Morgan fingerprint density at radius 3 is 3.06 bits per heavy atom. The number of nitrogens with zero attached hydrogens (tertiary/aromatic N) is 1. The Morgan fingerprint density at radius 1 is 1.61 bits per heavy atom. The molecule has 0 saturated carbocycles. The number of hydrogen-bond donors (Lipinski definition) is 2. The molecule has 1 aromatic rings. The van der Waals surface area contributed by atoms with Crippen LogP contribution in [0.25, 0.3) is 0 Å². The molecular weight excluding hydrogens is 252 g/mol. The third-order valence-corrected chi connectivity index (χ3v) is 3.41. The van der Waals surface area contributed by atoms with Crippen LogP contribution >= 0.6 is 11.6 Å². The van der Waals surface area contributed by atoms with Gasteiger partial charge in [0, 0.05) is 36.4 Å². The SMILES string of the molecule is Cc1cc(Cl)ccc1N1CCNC(CC(=O)O)C1. The van der Waals surface area contributed by atoms with Crippen LogP contribution in [0.2, 0.25) is 5.02 Å². The lowest BCUT2D eigenvalue weighted by molar-refractivity contribution is -0.137. The van der Waals surface area contributed by atoms with Crippen molar-refractivity contribution in [1.82, 2.24) is 5.32 Å². The van der Waals surface area contributed by atoms with Gasteiger partial charge in [0.25, 0.3) is 0 Å². The van der Waals surface area contributed by atoms with E-state index in [1.54, 1.807) is 0 Å². The van der Waals surface area contributed by atoms with E-state index in [0.717, 1.165) is 35.9 Å². The Bertz CT molecular complexity index is 451. The van der Waals surface area contributed by atoms with Crippen molar-refractivity contribution >= 4 is 23.3 Å². The fourth-order valence-electron chi connectivity index (χ4n) is 2.37. The maximum absolute atomic E-state index is 10.7. The summed E-state index contributed by atoms with van der Waals surface area (Å²) in [5.74, 6) is -0.762. The van der Waals surface area contributed by atoms with Crippen molar-refractivity contribution in [3.8, 4) is 0 Å². The average molecular weight is 269 g/mol. The van der Waals surface area contributed by atoms with Gasteiger partial charge in [-0.3, -0.25) is 4.79 Å². The van der Waals surface area contributed by atoms with Gasteiger partial charge in [0.1, 0.15) is 0 Å². The molecular formula is C13H17ClN2O2. The summed E-state index contributed by atoms with van der Waals surface area (Å²) in [4.78, 5) is 13.0. The quantitative estimate of drug-likeness (QED) is 0.879. The van der Waals surface area contributed by atoms with Gasteiger partial charge < -0.3 is 15.3 Å². The maximum atomic E-state index is 10.7. The van der Waals surface area contributed by atoms with E-state index < -0.39 is 5.97 Å². The molecule has 4 nitrogen and oxygen atoms in total. The van der Waals surface area contributed by atoms with E-state index in [1.165, 1.54) is 0 Å². The smallest absolute Gasteiger partial charge is 0.304 e. The molecule has 1 heterocycles. The molecule has 1 unspecified atom stereocenters. The molecule has 1 fully saturated rings. The predicted octanol–water partition coefficient (Wildman–Crippen LogP) is 1.90. The number of halogens is 1. The summed E-state index contributed by atoms with van der Waals surface area (Å²) in [6, 6.07) is 5.82. The molecule has 98 valence electrons. The van der Waals surface area contributed by atoms with Crippen molar-refractivity contribution in [1.29, 1.82) is 0 Å². The molecule has 2 rings (SSSR count). The first-order valence-corrected chi connectivity index (χ1v) is 6.40. The van der Waals surface area contributed by atoms with Gasteiger partial charge in [0.2, 0.25) is 0 Å². The van der Waals surface area contributed by atoms with Crippen LogP contribution in [-0.2, 0) is 4.79 Å². The average Bonchev–Trinajstić information content (AvgIpc) is 2.28. The number of carboxylic acid groups (broad SMARTS) is 1. The Labute approximate surface area is 112 Å². The number of aryl methyl sites for hydroxylation is 1. The van der Waals surface area contributed by atoms with Crippen LogP contribution in [-0.4, -0.2) is 36.8 Å². The second kappa shape index (κ2) is 5.59. The van der Waals surface area contributed by atoms with Crippen LogP contribution in [0.5, 0.6) is 0 Å². The minimum absolute atomic E-state index is 0.00586. The van der Waals surface area contributed by atoms with Gasteiger partial charge in [0.05, 0.1) is 6.42 Å². The molecule has 1 saturated heterocycles. The lowest BCUT2D eigenvalue weighted by Crippen LogP contribution is -2.51. The molecule has 18 heavy (non-hydrogen) atoms. The maximum Gasteiger partial charge on any atom is 0.304 e. The summed E-state index contributed by atoms with van der Waals surface area (Å²) in [7, 11) is 0. The summed E-state index contributed by atoms with van der Waals surface area (Å²) in [6.45, 7) is 4.43. The molecule has 5 heteroatoms. The van der Waals surface area contributed by atoms with Gasteiger partial charge >= 0.3 is 5.97 Å². The monoisotopic (exact) mass is 268 g/mol. The fraction of sp³-hybridized carbons (Fsp3) is 0.462. The van der Waals surface area contributed by atoms with E-state index in [1.807, 2.05) is 25.1 Å². The topological polar surface area (TPSA) is 52.6 Å². The zero-order valence-electron chi connectivity index (χ0n) is 10.3. The van der Waals surface area contributed by atoms with Gasteiger partial charge in [-0.25, -0.2) is 0 Å². The summed E-state index contributed by atoms with van der Waals surface area (Å²) in [6.07, 6.45) is 0.156. The first-order valence-electron chi connectivity index (χ1n) is 6.02. The zero-order valence-corrected chi connectivity index (χ0v) is 11.1. The second-order valence-corrected chi connectivity index (χ2v) is 5.06. The van der Waals surface area contributed by atoms with Gasteiger partial charge in [-0.15, -0.1) is 0 Å². The Morgan fingerprint density at radius 2 is 2.39 bits per heavy atom. The molecule has 2 N–H and O–H groups in total. The number of rotatable bonds is 3. The van der Waals surface area contributed by atoms with Crippen molar-refractivity contribution < 1.29 is 9.90 Å². The summed E-state index contributed by atoms with van der Waals surface area (Å²) in [5.41, 5.74) is 2.26. The molecule has 0 bridgehead atoms. The Hall–Kier alpha value is -1.26. The van der Waals surface area contributed by atoms with Crippen molar-refractivity contribution in [2.24, 2.45) is 0 Å². The zero-order chi connectivity index (χ0) is 13.1. The lowest BCUT2D eigenvalue weighted by atomic mass is 10.1. The minimum atomic E-state index is -0.762. The summed E-state index contributed by atoms with van der Waals surface area (Å²) < 4.78 is 0. The van der Waals surface area contributed by atoms with Gasteiger partial charge in [-0.2, -0.15) is 0 Å². The number of aliphatic carboxylic acids is 1. The number of piperazine rings is 1. The van der Waals surface area contributed by atoms with E-state index in [-0.39, 0.29) is 12.5 Å². The predicted molar refractivity (Wildman–Crippen MR) is 72.4 cm³/mol. The minimum Gasteiger partial charge on any atom is -0.481 e. The van der Waals surface area contributed by atoms with Crippen LogP contribution in [0, 0.1) is 6.92 Å². The van der Waals surface area contributed by atoms with Crippen LogP contribution in [0.4, 0.5) is 5.69 Å². The van der Waals surface area contributed by atoms with E-state index in [4.69, 9.17) is 16.7 Å². The first-order chi connectivity index (χ1) is 8.56. The lowest BCUT2D eigenvalue weighted by Gasteiger charge is -2.35. The summed E-state index contributed by atoms with van der Waals surface area (Å²) in [5, 5.41) is 12.8.